The molecule has 0 aliphatic carbocycles. The van der Waals surface area contributed by atoms with Crippen molar-refractivity contribution in [3.63, 3.8) is 0 Å². The molecule has 0 aromatic carbocycles. The molecule has 7 nitrogen and oxygen atoms in total. The molecule has 108 valence electrons. The molecule has 0 spiro atoms. The lowest BCUT2D eigenvalue weighted by Gasteiger charge is -2.23. The van der Waals surface area contributed by atoms with Crippen LogP contribution in [0.15, 0.2) is 12.7 Å². The molecule has 0 saturated heterocycles. The molecule has 4 N–H and O–H groups in total. The van der Waals surface area contributed by atoms with Crippen molar-refractivity contribution in [2.75, 3.05) is 13.6 Å². The summed E-state index contributed by atoms with van der Waals surface area (Å²) in [6.45, 7) is 6.86. The molecular formula is C12H21N3O4. The van der Waals surface area contributed by atoms with Gasteiger partial charge in [-0.2, -0.15) is 0 Å². The Kier molecular flexibility index (Phi) is 6.60. The molecular weight excluding hydrogens is 250 g/mol. The molecule has 0 aliphatic rings. The largest absolute Gasteiger partial charge is 0.480 e. The first kappa shape index (κ1) is 16.9. The third-order valence-electron chi connectivity index (χ3n) is 2.54. The average Bonchev–Trinajstić information content (AvgIpc) is 2.34. The molecule has 0 rings (SSSR count). The van der Waals surface area contributed by atoms with Gasteiger partial charge in [-0.05, 0) is 20.3 Å². The molecule has 0 fully saturated rings. The number of carbonyl (C=O) groups is 3. The van der Waals surface area contributed by atoms with Crippen LogP contribution < -0.4 is 16.0 Å². The summed E-state index contributed by atoms with van der Waals surface area (Å²) < 4.78 is 0. The summed E-state index contributed by atoms with van der Waals surface area (Å²) >= 11 is 0. The molecule has 0 radical (unpaired) electrons. The number of hydrogen-bond donors (Lipinski definition) is 4. The van der Waals surface area contributed by atoms with Crippen LogP contribution in [0, 0.1) is 5.41 Å². The highest BCUT2D eigenvalue weighted by atomic mass is 16.4. The maximum atomic E-state index is 11.5. The monoisotopic (exact) mass is 271 g/mol. The van der Waals surface area contributed by atoms with Crippen LogP contribution in [-0.2, 0) is 9.59 Å². The quantitative estimate of drug-likeness (QED) is 0.492. The summed E-state index contributed by atoms with van der Waals surface area (Å²) in [5, 5.41) is 16.1. The first-order chi connectivity index (χ1) is 8.74. The Morgan fingerprint density at radius 1 is 1.37 bits per heavy atom. The fourth-order valence-electron chi connectivity index (χ4n) is 1.32. The maximum absolute atomic E-state index is 11.5. The second-order valence-corrected chi connectivity index (χ2v) is 4.71. The molecule has 7 heteroatoms. The Morgan fingerprint density at radius 3 is 2.37 bits per heavy atom. The highest BCUT2D eigenvalue weighted by Gasteiger charge is 2.27. The zero-order chi connectivity index (χ0) is 15.1. The third-order valence-corrected chi connectivity index (χ3v) is 2.54. The Bertz CT molecular complexity index is 366. The van der Waals surface area contributed by atoms with Crippen molar-refractivity contribution < 1.29 is 19.5 Å². The number of aliphatic carboxylic acids is 1. The topological polar surface area (TPSA) is 108 Å². The Labute approximate surface area is 112 Å². The van der Waals surface area contributed by atoms with E-state index >= 15 is 0 Å². The Balaban J connectivity index is 4.35. The predicted octanol–water partition coefficient (Wildman–Crippen LogP) is 0.0871. The van der Waals surface area contributed by atoms with Gasteiger partial charge >= 0.3 is 12.0 Å². The van der Waals surface area contributed by atoms with E-state index in [1.807, 2.05) is 0 Å². The summed E-state index contributed by atoms with van der Waals surface area (Å²) in [6.07, 6.45) is 1.54. The van der Waals surface area contributed by atoms with Gasteiger partial charge in [-0.1, -0.05) is 6.08 Å². The molecule has 19 heavy (non-hydrogen) atoms. The van der Waals surface area contributed by atoms with Gasteiger partial charge in [-0.3, -0.25) is 4.79 Å². The van der Waals surface area contributed by atoms with Gasteiger partial charge in [0.25, 0.3) is 0 Å². The van der Waals surface area contributed by atoms with Gasteiger partial charge < -0.3 is 21.1 Å². The number of urea groups is 1. The summed E-state index contributed by atoms with van der Waals surface area (Å²) in [6, 6.07) is -1.66. The van der Waals surface area contributed by atoms with Crippen LogP contribution in [0.1, 0.15) is 20.3 Å². The van der Waals surface area contributed by atoms with E-state index in [4.69, 9.17) is 5.11 Å². The first-order valence-electron chi connectivity index (χ1n) is 5.85. The van der Waals surface area contributed by atoms with E-state index in [1.54, 1.807) is 13.8 Å². The van der Waals surface area contributed by atoms with Crippen molar-refractivity contribution in [3.05, 3.63) is 12.7 Å². The highest BCUT2D eigenvalue weighted by Crippen LogP contribution is 2.12. The lowest BCUT2D eigenvalue weighted by molar-refractivity contribution is -0.139. The van der Waals surface area contributed by atoms with E-state index < -0.39 is 23.5 Å². The first-order valence-corrected chi connectivity index (χ1v) is 5.85. The Hall–Kier alpha value is -2.05. The average molecular weight is 271 g/mol. The Morgan fingerprint density at radius 2 is 1.95 bits per heavy atom. The van der Waals surface area contributed by atoms with Crippen LogP contribution in [-0.4, -0.2) is 42.6 Å². The molecule has 1 atom stereocenters. The number of hydrogen-bond acceptors (Lipinski definition) is 3. The predicted molar refractivity (Wildman–Crippen MR) is 70.6 cm³/mol. The van der Waals surface area contributed by atoms with Crippen LogP contribution in [0.25, 0.3) is 0 Å². The van der Waals surface area contributed by atoms with Crippen molar-refractivity contribution in [2.45, 2.75) is 26.3 Å². The number of rotatable bonds is 7. The third kappa shape index (κ3) is 5.89. The van der Waals surface area contributed by atoms with Crippen LogP contribution in [0.2, 0.25) is 0 Å². The second-order valence-electron chi connectivity index (χ2n) is 4.71. The fraction of sp³-hybridized carbons (Fsp3) is 0.583. The minimum absolute atomic E-state index is 0.0962. The zero-order valence-corrected chi connectivity index (χ0v) is 11.4. The van der Waals surface area contributed by atoms with E-state index in [-0.39, 0.29) is 18.9 Å². The zero-order valence-electron chi connectivity index (χ0n) is 11.4. The number of carbonyl (C=O) groups excluding carboxylic acids is 2. The molecule has 0 bridgehead atoms. The molecule has 0 saturated carbocycles. The maximum Gasteiger partial charge on any atom is 0.326 e. The van der Waals surface area contributed by atoms with Crippen molar-refractivity contribution >= 4 is 17.9 Å². The minimum atomic E-state index is -1.14. The van der Waals surface area contributed by atoms with E-state index in [9.17, 15) is 14.4 Å². The van der Waals surface area contributed by atoms with Crippen molar-refractivity contribution in [1.29, 1.82) is 0 Å². The molecule has 3 amide bonds. The minimum Gasteiger partial charge on any atom is -0.480 e. The number of carboxylic acids is 1. The number of nitrogens with one attached hydrogen (secondary N) is 3. The fourth-order valence-corrected chi connectivity index (χ4v) is 1.32. The highest BCUT2D eigenvalue weighted by molar-refractivity contribution is 5.84. The molecule has 0 aliphatic heterocycles. The summed E-state index contributed by atoms with van der Waals surface area (Å²) in [5.41, 5.74) is -0.775. The lowest BCUT2D eigenvalue weighted by atomic mass is 9.92. The van der Waals surface area contributed by atoms with Gasteiger partial charge in [0.15, 0.2) is 0 Å². The summed E-state index contributed by atoms with van der Waals surface area (Å²) in [7, 11) is 1.51. The molecule has 0 aromatic heterocycles. The standard InChI is InChI=1S/C12H21N3O4/c1-5-6-8(9(16)17)15-11(19)14-7-12(2,3)10(18)13-4/h5,8H,1,6-7H2,2-4H3,(H,13,18)(H,16,17)(H2,14,15,19). The number of carboxylic acid groups (broad SMARTS) is 1. The molecule has 1 unspecified atom stereocenters. The molecule has 0 aromatic rings. The van der Waals surface area contributed by atoms with Gasteiger partial charge in [0.2, 0.25) is 5.91 Å². The normalized spacial score (nSPS) is 12.2. The van der Waals surface area contributed by atoms with Gasteiger partial charge in [0, 0.05) is 13.6 Å². The van der Waals surface area contributed by atoms with E-state index in [1.165, 1.54) is 13.1 Å². The summed E-state index contributed by atoms with van der Waals surface area (Å²) in [5.74, 6) is -1.35. The van der Waals surface area contributed by atoms with Gasteiger partial charge in [0.05, 0.1) is 5.41 Å². The van der Waals surface area contributed by atoms with E-state index in [2.05, 4.69) is 22.5 Å². The van der Waals surface area contributed by atoms with Crippen LogP contribution in [0.5, 0.6) is 0 Å². The lowest BCUT2D eigenvalue weighted by Crippen LogP contribution is -2.50. The van der Waals surface area contributed by atoms with Gasteiger partial charge in [0.1, 0.15) is 6.04 Å². The SMILES string of the molecule is C=CCC(NC(=O)NCC(C)(C)C(=O)NC)C(=O)O. The van der Waals surface area contributed by atoms with E-state index in [0.717, 1.165) is 0 Å². The smallest absolute Gasteiger partial charge is 0.326 e. The number of amides is 3. The second kappa shape index (κ2) is 7.40. The van der Waals surface area contributed by atoms with Crippen molar-refractivity contribution in [2.24, 2.45) is 5.41 Å². The van der Waals surface area contributed by atoms with Crippen molar-refractivity contribution in [1.82, 2.24) is 16.0 Å². The van der Waals surface area contributed by atoms with E-state index in [0.29, 0.717) is 0 Å². The van der Waals surface area contributed by atoms with Crippen molar-refractivity contribution in [3.8, 4) is 0 Å². The van der Waals surface area contributed by atoms with Gasteiger partial charge in [-0.15, -0.1) is 6.58 Å². The summed E-state index contributed by atoms with van der Waals surface area (Å²) in [4.78, 5) is 33.9. The van der Waals surface area contributed by atoms with Crippen LogP contribution in [0.4, 0.5) is 4.79 Å². The van der Waals surface area contributed by atoms with Gasteiger partial charge in [-0.25, -0.2) is 9.59 Å². The molecule has 0 heterocycles. The van der Waals surface area contributed by atoms with Crippen LogP contribution >= 0.6 is 0 Å². The van der Waals surface area contributed by atoms with Crippen LogP contribution in [0.3, 0.4) is 0 Å².